The summed E-state index contributed by atoms with van der Waals surface area (Å²) in [5.41, 5.74) is 3.53. The monoisotopic (exact) mass is 284 g/mol. The van der Waals surface area contributed by atoms with E-state index in [1.54, 1.807) is 11.1 Å². The third-order valence-electron chi connectivity index (χ3n) is 6.09. The molecule has 4 rings (SSSR count). The van der Waals surface area contributed by atoms with Crippen molar-refractivity contribution in [3.05, 3.63) is 35.4 Å². The number of fused-ring (bicyclic) bond motifs is 3. The molecule has 0 aromatic heterocycles. The predicted octanol–water partition coefficient (Wildman–Crippen LogP) is 3.63. The summed E-state index contributed by atoms with van der Waals surface area (Å²) in [7, 11) is 0. The molecule has 2 heterocycles. The van der Waals surface area contributed by atoms with E-state index in [0.717, 1.165) is 12.1 Å². The van der Waals surface area contributed by atoms with Crippen molar-refractivity contribution in [2.24, 2.45) is 0 Å². The zero-order valence-electron chi connectivity index (χ0n) is 13.4. The van der Waals surface area contributed by atoms with Crippen molar-refractivity contribution in [2.75, 3.05) is 13.1 Å². The third kappa shape index (κ3) is 2.43. The van der Waals surface area contributed by atoms with Crippen LogP contribution < -0.4 is 5.32 Å². The van der Waals surface area contributed by atoms with Crippen LogP contribution in [0.4, 0.5) is 0 Å². The Hall–Kier alpha value is -0.860. The van der Waals surface area contributed by atoms with Crippen LogP contribution in [0.1, 0.15) is 63.1 Å². The van der Waals surface area contributed by atoms with Gasteiger partial charge in [0, 0.05) is 31.2 Å². The van der Waals surface area contributed by atoms with Crippen molar-refractivity contribution in [1.82, 2.24) is 10.2 Å². The van der Waals surface area contributed by atoms with Crippen molar-refractivity contribution in [3.8, 4) is 0 Å². The summed E-state index contributed by atoms with van der Waals surface area (Å²) in [6.07, 6.45) is 6.74. The highest BCUT2D eigenvalue weighted by molar-refractivity contribution is 5.38. The van der Waals surface area contributed by atoms with E-state index in [-0.39, 0.29) is 0 Å². The average molecular weight is 284 g/mol. The number of nitrogens with zero attached hydrogens (tertiary/aromatic N) is 1. The van der Waals surface area contributed by atoms with Crippen LogP contribution >= 0.6 is 0 Å². The second-order valence-electron chi connectivity index (χ2n) is 7.95. The Bertz CT molecular complexity index is 522. The van der Waals surface area contributed by atoms with Crippen LogP contribution in [0.3, 0.4) is 0 Å². The van der Waals surface area contributed by atoms with Gasteiger partial charge in [-0.1, -0.05) is 38.1 Å². The van der Waals surface area contributed by atoms with Gasteiger partial charge in [-0.3, -0.25) is 4.90 Å². The van der Waals surface area contributed by atoms with Crippen LogP contribution in [0.5, 0.6) is 0 Å². The van der Waals surface area contributed by atoms with E-state index in [2.05, 4.69) is 48.3 Å². The molecule has 2 bridgehead atoms. The van der Waals surface area contributed by atoms with E-state index in [4.69, 9.17) is 0 Å². The van der Waals surface area contributed by atoms with Crippen molar-refractivity contribution >= 4 is 0 Å². The molecule has 1 aromatic rings. The fourth-order valence-corrected chi connectivity index (χ4v) is 4.82. The van der Waals surface area contributed by atoms with Crippen molar-refractivity contribution in [1.29, 1.82) is 0 Å². The van der Waals surface area contributed by atoms with Crippen molar-refractivity contribution in [3.63, 3.8) is 0 Å². The summed E-state index contributed by atoms with van der Waals surface area (Å²) >= 11 is 0. The van der Waals surface area contributed by atoms with Crippen LogP contribution in [0.2, 0.25) is 0 Å². The molecule has 1 aromatic carbocycles. The molecule has 2 heteroatoms. The molecule has 0 amide bonds. The first kappa shape index (κ1) is 13.8. The molecule has 2 saturated heterocycles. The normalized spacial score (nSPS) is 35.2. The van der Waals surface area contributed by atoms with Gasteiger partial charge in [0.05, 0.1) is 0 Å². The molecule has 21 heavy (non-hydrogen) atoms. The number of nitrogens with one attached hydrogen (secondary N) is 1. The number of hydrogen-bond acceptors (Lipinski definition) is 2. The van der Waals surface area contributed by atoms with Gasteiger partial charge in [-0.15, -0.1) is 0 Å². The minimum absolute atomic E-state index is 0.343. The Morgan fingerprint density at radius 1 is 1.05 bits per heavy atom. The Labute approximate surface area is 128 Å². The summed E-state index contributed by atoms with van der Waals surface area (Å²) in [5, 5.41) is 3.82. The van der Waals surface area contributed by atoms with Crippen LogP contribution in [0.25, 0.3) is 0 Å². The highest BCUT2D eigenvalue weighted by Crippen LogP contribution is 2.44. The van der Waals surface area contributed by atoms with Crippen molar-refractivity contribution < 1.29 is 0 Å². The lowest BCUT2D eigenvalue weighted by Crippen LogP contribution is -2.40. The molecule has 0 radical (unpaired) electrons. The fourth-order valence-electron chi connectivity index (χ4n) is 4.82. The molecule has 2 fully saturated rings. The van der Waals surface area contributed by atoms with Gasteiger partial charge >= 0.3 is 0 Å². The van der Waals surface area contributed by atoms with E-state index < -0.39 is 0 Å². The summed E-state index contributed by atoms with van der Waals surface area (Å²) < 4.78 is 0. The van der Waals surface area contributed by atoms with Gasteiger partial charge in [-0.05, 0) is 48.6 Å². The largest absolute Gasteiger partial charge is 0.310 e. The second-order valence-corrected chi connectivity index (χ2v) is 7.95. The van der Waals surface area contributed by atoms with Gasteiger partial charge in [0.25, 0.3) is 0 Å². The van der Waals surface area contributed by atoms with E-state index >= 15 is 0 Å². The lowest BCUT2D eigenvalue weighted by Gasteiger charge is -2.42. The smallest absolute Gasteiger partial charge is 0.0352 e. The first-order valence-corrected chi connectivity index (χ1v) is 8.73. The van der Waals surface area contributed by atoms with Gasteiger partial charge < -0.3 is 5.32 Å². The highest BCUT2D eigenvalue weighted by atomic mass is 15.2. The number of hydrogen-bond donors (Lipinski definition) is 1. The Morgan fingerprint density at radius 2 is 1.86 bits per heavy atom. The van der Waals surface area contributed by atoms with Gasteiger partial charge in [0.15, 0.2) is 0 Å². The Balaban J connectivity index is 1.64. The number of likely N-dealkylation sites (tertiary alicyclic amines) is 1. The van der Waals surface area contributed by atoms with Crippen LogP contribution in [-0.2, 0) is 5.41 Å². The maximum absolute atomic E-state index is 3.82. The van der Waals surface area contributed by atoms with Gasteiger partial charge in [-0.2, -0.15) is 0 Å². The molecule has 2 nitrogen and oxygen atoms in total. The summed E-state index contributed by atoms with van der Waals surface area (Å²) in [5.74, 6) is 0. The first-order chi connectivity index (χ1) is 10.1. The molecule has 1 N–H and O–H groups in total. The van der Waals surface area contributed by atoms with Crippen LogP contribution in [0.15, 0.2) is 24.3 Å². The van der Waals surface area contributed by atoms with Crippen molar-refractivity contribution in [2.45, 2.75) is 69.5 Å². The molecule has 3 unspecified atom stereocenters. The minimum Gasteiger partial charge on any atom is -0.310 e. The molecule has 1 aliphatic carbocycles. The molecule has 3 aliphatic rings. The molecule has 3 atom stereocenters. The predicted molar refractivity (Wildman–Crippen MR) is 87.6 cm³/mol. The second kappa shape index (κ2) is 5.10. The summed E-state index contributed by atoms with van der Waals surface area (Å²) in [6, 6.07) is 11.4. The molecule has 0 spiro atoms. The average Bonchev–Trinajstić information content (AvgIpc) is 2.80. The summed E-state index contributed by atoms with van der Waals surface area (Å²) in [4.78, 5) is 2.78. The zero-order valence-corrected chi connectivity index (χ0v) is 13.4. The maximum atomic E-state index is 3.82. The number of rotatable bonds is 1. The Kier molecular flexibility index (Phi) is 3.35. The van der Waals surface area contributed by atoms with E-state index in [0.29, 0.717) is 11.5 Å². The zero-order chi connectivity index (χ0) is 14.4. The molecular formula is C19H28N2. The quantitative estimate of drug-likeness (QED) is 0.847. The van der Waals surface area contributed by atoms with Crippen LogP contribution in [-0.4, -0.2) is 30.1 Å². The van der Waals surface area contributed by atoms with E-state index in [1.807, 2.05) is 0 Å². The standard InChI is InChI=1S/C19H28N2/c1-19(2)11-9-18(16-5-3-4-6-17(16)19)21-12-10-14-7-8-15(13-21)20-14/h3-6,14-15,18,20H,7-13H2,1-2H3. The topological polar surface area (TPSA) is 15.3 Å². The van der Waals surface area contributed by atoms with Gasteiger partial charge in [0.1, 0.15) is 0 Å². The Morgan fingerprint density at radius 3 is 2.76 bits per heavy atom. The fraction of sp³-hybridized carbons (Fsp3) is 0.684. The third-order valence-corrected chi connectivity index (χ3v) is 6.09. The van der Waals surface area contributed by atoms with E-state index in [1.165, 1.54) is 45.2 Å². The molecular weight excluding hydrogens is 256 g/mol. The first-order valence-electron chi connectivity index (χ1n) is 8.73. The van der Waals surface area contributed by atoms with Gasteiger partial charge in [-0.25, -0.2) is 0 Å². The lowest BCUT2D eigenvalue weighted by molar-refractivity contribution is 0.156. The lowest BCUT2D eigenvalue weighted by atomic mass is 9.70. The molecule has 0 saturated carbocycles. The molecule has 2 aliphatic heterocycles. The van der Waals surface area contributed by atoms with E-state index in [9.17, 15) is 0 Å². The number of benzene rings is 1. The highest BCUT2D eigenvalue weighted by Gasteiger charge is 2.38. The maximum Gasteiger partial charge on any atom is 0.0352 e. The summed E-state index contributed by atoms with van der Waals surface area (Å²) in [6.45, 7) is 7.34. The minimum atomic E-state index is 0.343. The SMILES string of the molecule is CC1(C)CCC(N2CCC3CCC(C2)N3)c2ccccc21. The molecule has 114 valence electrons. The van der Waals surface area contributed by atoms with Crippen LogP contribution in [0, 0.1) is 0 Å². The van der Waals surface area contributed by atoms with Gasteiger partial charge in [0.2, 0.25) is 0 Å².